The molecule has 0 spiro atoms. The van der Waals surface area contributed by atoms with Crippen molar-refractivity contribution < 1.29 is 32.3 Å². The van der Waals surface area contributed by atoms with Gasteiger partial charge in [-0.15, -0.1) is 0 Å². The molecular weight excluding hydrogens is 461 g/mol. The van der Waals surface area contributed by atoms with Crippen molar-refractivity contribution in [2.45, 2.75) is 48.0 Å². The molecule has 1 amide bonds. The molecule has 1 saturated carbocycles. The molecule has 172 valence electrons. The number of aromatic nitrogens is 1. The summed E-state index contributed by atoms with van der Waals surface area (Å²) in [6, 6.07) is 5.76. The van der Waals surface area contributed by atoms with Gasteiger partial charge in [0.2, 0.25) is 0 Å². The van der Waals surface area contributed by atoms with E-state index >= 15 is 0 Å². The highest BCUT2D eigenvalue weighted by Crippen LogP contribution is 2.25. The number of hydrogen-bond acceptors (Lipinski definition) is 9. The van der Waals surface area contributed by atoms with E-state index in [1.165, 1.54) is 24.3 Å². The lowest BCUT2D eigenvalue weighted by molar-refractivity contribution is -0.110. The van der Waals surface area contributed by atoms with Crippen LogP contribution in [0.2, 0.25) is 0 Å². The standard InChI is InChI=1S/C20H22FN3O6S2/c21-17-10-22-20(31-17)23-19(26)18(24-30-14-4-3-13(25)9-14)12-1-5-15(6-2-12)32(27,28)16-7-8-29-11-16/h1-2,5-6,10,13-14,16,25H,3-4,7-9,11H2,(H,22,23,26)/b24-18+/t13-,14-,16+/m1/s1. The van der Waals surface area contributed by atoms with E-state index < -0.39 is 32.2 Å². The maximum absolute atomic E-state index is 13.2. The molecule has 1 aliphatic carbocycles. The Kier molecular flexibility index (Phi) is 6.84. The molecule has 2 heterocycles. The lowest BCUT2D eigenvalue weighted by atomic mass is 10.1. The molecule has 2 aromatic rings. The molecule has 1 saturated heterocycles. The second-order valence-corrected chi connectivity index (χ2v) is 10.8. The highest BCUT2D eigenvalue weighted by Gasteiger charge is 2.31. The van der Waals surface area contributed by atoms with E-state index in [0.29, 0.717) is 49.2 Å². The summed E-state index contributed by atoms with van der Waals surface area (Å²) in [7, 11) is -3.55. The fourth-order valence-corrected chi connectivity index (χ4v) is 5.71. The van der Waals surface area contributed by atoms with Gasteiger partial charge in [0, 0.05) is 18.6 Å². The molecule has 1 aliphatic heterocycles. The summed E-state index contributed by atoms with van der Waals surface area (Å²) >= 11 is 0.663. The largest absolute Gasteiger partial charge is 0.393 e. The van der Waals surface area contributed by atoms with Crippen LogP contribution in [0.15, 0.2) is 40.5 Å². The van der Waals surface area contributed by atoms with E-state index in [2.05, 4.69) is 15.5 Å². The van der Waals surface area contributed by atoms with Crippen LogP contribution in [0, 0.1) is 5.13 Å². The number of hydrogen-bond donors (Lipinski definition) is 2. The van der Waals surface area contributed by atoms with Crippen LogP contribution in [-0.2, 0) is 24.2 Å². The van der Waals surface area contributed by atoms with Gasteiger partial charge >= 0.3 is 0 Å². The van der Waals surface area contributed by atoms with Crippen LogP contribution >= 0.6 is 11.3 Å². The Labute approximate surface area is 188 Å². The van der Waals surface area contributed by atoms with Gasteiger partial charge < -0.3 is 14.7 Å². The predicted octanol–water partition coefficient (Wildman–Crippen LogP) is 2.12. The van der Waals surface area contributed by atoms with Crippen molar-refractivity contribution in [3.05, 3.63) is 41.2 Å². The monoisotopic (exact) mass is 483 g/mol. The van der Waals surface area contributed by atoms with Gasteiger partial charge in [0.05, 0.1) is 29.1 Å². The van der Waals surface area contributed by atoms with Gasteiger partial charge in [-0.2, -0.15) is 4.39 Å². The average Bonchev–Trinajstić information content (AvgIpc) is 3.52. The quantitative estimate of drug-likeness (QED) is 0.456. The Balaban J connectivity index is 1.57. The molecule has 4 rings (SSSR count). The zero-order valence-corrected chi connectivity index (χ0v) is 18.6. The van der Waals surface area contributed by atoms with Crippen LogP contribution in [0.5, 0.6) is 0 Å². The second-order valence-electron chi connectivity index (χ2n) is 7.61. The third-order valence-electron chi connectivity index (χ3n) is 5.35. The Bertz CT molecular complexity index is 1100. The number of aliphatic hydroxyl groups is 1. The van der Waals surface area contributed by atoms with E-state index in [9.17, 15) is 22.7 Å². The first-order chi connectivity index (χ1) is 15.3. The first-order valence-electron chi connectivity index (χ1n) is 10.1. The van der Waals surface area contributed by atoms with Crippen molar-refractivity contribution in [2.75, 3.05) is 18.5 Å². The number of carbonyl (C=O) groups is 1. The number of amides is 1. The van der Waals surface area contributed by atoms with Crippen molar-refractivity contribution >= 4 is 37.9 Å². The van der Waals surface area contributed by atoms with Crippen molar-refractivity contribution in [2.24, 2.45) is 5.16 Å². The smallest absolute Gasteiger partial charge is 0.280 e. The van der Waals surface area contributed by atoms with Crippen molar-refractivity contribution in [3.63, 3.8) is 0 Å². The summed E-state index contributed by atoms with van der Waals surface area (Å²) in [6.45, 7) is 0.564. The van der Waals surface area contributed by atoms with Crippen molar-refractivity contribution in [1.29, 1.82) is 0 Å². The third-order valence-corrected chi connectivity index (χ3v) is 8.23. The van der Waals surface area contributed by atoms with E-state index in [-0.39, 0.29) is 28.4 Å². The van der Waals surface area contributed by atoms with Crippen molar-refractivity contribution in [1.82, 2.24) is 4.98 Å². The SMILES string of the molecule is O=C(Nc1ncc(F)s1)/C(=N/O[C@@H]1CC[C@@H](O)C1)c1ccc(S(=O)(=O)[C@H]2CCOC2)cc1. The van der Waals surface area contributed by atoms with Gasteiger partial charge in [-0.1, -0.05) is 28.6 Å². The molecular formula is C20H22FN3O6S2. The normalized spacial score (nSPS) is 23.9. The van der Waals surface area contributed by atoms with Crippen LogP contribution < -0.4 is 5.32 Å². The molecule has 2 fully saturated rings. The Morgan fingerprint density at radius 2 is 2.06 bits per heavy atom. The van der Waals surface area contributed by atoms with E-state index in [0.717, 1.165) is 6.20 Å². The summed E-state index contributed by atoms with van der Waals surface area (Å²) in [6.07, 6.45) is 2.18. The highest BCUT2D eigenvalue weighted by atomic mass is 32.2. The van der Waals surface area contributed by atoms with E-state index in [1.807, 2.05) is 0 Å². The number of oxime groups is 1. The number of nitrogens with zero attached hydrogens (tertiary/aromatic N) is 2. The number of rotatable bonds is 7. The number of anilines is 1. The minimum Gasteiger partial charge on any atom is -0.393 e. The fraction of sp³-hybridized carbons (Fsp3) is 0.450. The summed E-state index contributed by atoms with van der Waals surface area (Å²) in [5, 5.41) is 15.0. The summed E-state index contributed by atoms with van der Waals surface area (Å²) < 4.78 is 43.9. The third kappa shape index (κ3) is 5.14. The Hall–Kier alpha value is -2.41. The number of sulfone groups is 1. The summed E-state index contributed by atoms with van der Waals surface area (Å²) in [5.74, 6) is -0.683. The maximum Gasteiger partial charge on any atom is 0.280 e. The Morgan fingerprint density at radius 3 is 2.66 bits per heavy atom. The zero-order chi connectivity index (χ0) is 22.7. The number of aliphatic hydroxyl groups excluding tert-OH is 1. The number of nitrogens with one attached hydrogen (secondary N) is 1. The topological polar surface area (TPSA) is 127 Å². The van der Waals surface area contributed by atoms with Crippen molar-refractivity contribution in [3.8, 4) is 0 Å². The lowest BCUT2D eigenvalue weighted by Crippen LogP contribution is -2.25. The lowest BCUT2D eigenvalue weighted by Gasteiger charge is -2.12. The van der Waals surface area contributed by atoms with Gasteiger partial charge in [-0.05, 0) is 31.4 Å². The molecule has 1 aromatic heterocycles. The number of halogens is 1. The summed E-state index contributed by atoms with van der Waals surface area (Å²) in [5.41, 5.74) is 0.204. The van der Waals surface area contributed by atoms with Gasteiger partial charge in [0.1, 0.15) is 6.10 Å². The van der Waals surface area contributed by atoms with Crippen LogP contribution in [0.4, 0.5) is 9.52 Å². The van der Waals surface area contributed by atoms with E-state index in [1.54, 1.807) is 0 Å². The fourth-order valence-electron chi connectivity index (χ4n) is 3.59. The average molecular weight is 484 g/mol. The van der Waals surface area contributed by atoms with Crippen LogP contribution in [-0.4, -0.2) is 60.8 Å². The van der Waals surface area contributed by atoms with Crippen LogP contribution in [0.1, 0.15) is 31.2 Å². The molecule has 0 bridgehead atoms. The predicted molar refractivity (Wildman–Crippen MR) is 115 cm³/mol. The minimum absolute atomic E-state index is 0.0527. The zero-order valence-electron chi connectivity index (χ0n) is 16.9. The molecule has 0 radical (unpaired) electrons. The molecule has 1 aromatic carbocycles. The first kappa shape index (κ1) is 22.8. The number of thiazole rings is 1. The minimum atomic E-state index is -3.55. The van der Waals surface area contributed by atoms with Crippen LogP contribution in [0.25, 0.3) is 0 Å². The number of benzene rings is 1. The van der Waals surface area contributed by atoms with Gasteiger partial charge in [0.15, 0.2) is 25.8 Å². The number of ether oxygens (including phenoxy) is 1. The first-order valence-corrected chi connectivity index (χ1v) is 12.5. The molecule has 2 N–H and O–H groups in total. The highest BCUT2D eigenvalue weighted by molar-refractivity contribution is 7.92. The number of carbonyl (C=O) groups excluding carboxylic acids is 1. The second kappa shape index (κ2) is 9.61. The van der Waals surface area contributed by atoms with E-state index in [4.69, 9.17) is 9.57 Å². The van der Waals surface area contributed by atoms with Gasteiger partial charge in [-0.3, -0.25) is 10.1 Å². The van der Waals surface area contributed by atoms with Crippen LogP contribution in [0.3, 0.4) is 0 Å². The molecule has 2 aliphatic rings. The Morgan fingerprint density at radius 1 is 1.28 bits per heavy atom. The molecule has 0 unspecified atom stereocenters. The maximum atomic E-state index is 13.2. The van der Waals surface area contributed by atoms with Gasteiger partial charge in [0.25, 0.3) is 5.91 Å². The molecule has 3 atom stereocenters. The summed E-state index contributed by atoms with van der Waals surface area (Å²) in [4.78, 5) is 22.2. The molecule has 9 nitrogen and oxygen atoms in total. The molecule has 12 heteroatoms. The van der Waals surface area contributed by atoms with Gasteiger partial charge in [-0.25, -0.2) is 13.4 Å². The molecule has 32 heavy (non-hydrogen) atoms.